The average Bonchev–Trinajstić information content (AvgIpc) is 3.15. The largest absolute Gasteiger partial charge is 0.496 e. The molecule has 0 bridgehead atoms. The molecule has 0 amide bonds. The van der Waals surface area contributed by atoms with Gasteiger partial charge in [0.1, 0.15) is 23.0 Å². The Bertz CT molecular complexity index is 1130. The summed E-state index contributed by atoms with van der Waals surface area (Å²) < 4.78 is 11.6. The molecule has 5 nitrogen and oxygen atoms in total. The number of unbranched alkanes of at least 4 members (excludes halogenated alkanes) is 2. The lowest BCUT2D eigenvalue weighted by Gasteiger charge is -2.25. The zero-order valence-electron chi connectivity index (χ0n) is 22.6. The summed E-state index contributed by atoms with van der Waals surface area (Å²) in [6.07, 6.45) is 16.3. The SMILES string of the molecule is CCCCN(CCCC)c1ccc(/C=C/C=C/C=C/C2=C(C#N)C(=C(\C)C#N)/OC2(C)C)c(OC)c1. The van der Waals surface area contributed by atoms with E-state index in [1.54, 1.807) is 14.0 Å². The van der Waals surface area contributed by atoms with Gasteiger partial charge in [-0.1, -0.05) is 63.1 Å². The molecule has 1 aliphatic rings. The number of ether oxygens (including phenoxy) is 2. The summed E-state index contributed by atoms with van der Waals surface area (Å²) >= 11 is 0. The molecule has 0 unspecified atom stereocenters. The minimum atomic E-state index is -0.671. The summed E-state index contributed by atoms with van der Waals surface area (Å²) in [6, 6.07) is 10.7. The van der Waals surface area contributed by atoms with Gasteiger partial charge in [0.2, 0.25) is 0 Å². The van der Waals surface area contributed by atoms with E-state index in [9.17, 15) is 10.5 Å². The topological polar surface area (TPSA) is 69.3 Å². The van der Waals surface area contributed by atoms with E-state index in [1.165, 1.54) is 31.4 Å². The summed E-state index contributed by atoms with van der Waals surface area (Å²) in [6.45, 7) is 12.0. The minimum absolute atomic E-state index is 0.368. The fourth-order valence-corrected chi connectivity index (χ4v) is 4.04. The lowest BCUT2D eigenvalue weighted by atomic mass is 9.95. The van der Waals surface area contributed by atoms with E-state index in [1.807, 2.05) is 50.3 Å². The maximum Gasteiger partial charge on any atom is 0.152 e. The summed E-state index contributed by atoms with van der Waals surface area (Å²) in [5.41, 5.74) is 3.12. The van der Waals surface area contributed by atoms with Gasteiger partial charge in [0.15, 0.2) is 5.76 Å². The lowest BCUT2D eigenvalue weighted by Crippen LogP contribution is -2.25. The minimum Gasteiger partial charge on any atom is -0.496 e. The predicted molar refractivity (Wildman–Crippen MR) is 148 cm³/mol. The van der Waals surface area contributed by atoms with Crippen LogP contribution in [-0.4, -0.2) is 25.8 Å². The number of nitrogens with zero attached hydrogens (tertiary/aromatic N) is 3. The van der Waals surface area contributed by atoms with Gasteiger partial charge in [0, 0.05) is 36.0 Å². The van der Waals surface area contributed by atoms with E-state index < -0.39 is 5.60 Å². The van der Waals surface area contributed by atoms with Crippen molar-refractivity contribution in [3.8, 4) is 17.9 Å². The number of methoxy groups -OCH3 is 1. The Morgan fingerprint density at radius 2 is 1.67 bits per heavy atom. The number of anilines is 1. The van der Waals surface area contributed by atoms with Crippen LogP contribution in [0.5, 0.6) is 5.75 Å². The Morgan fingerprint density at radius 3 is 2.22 bits per heavy atom. The van der Waals surface area contributed by atoms with Gasteiger partial charge >= 0.3 is 0 Å². The molecule has 0 radical (unpaired) electrons. The van der Waals surface area contributed by atoms with Crippen LogP contribution in [0.2, 0.25) is 0 Å². The van der Waals surface area contributed by atoms with Gasteiger partial charge in [0.25, 0.3) is 0 Å². The van der Waals surface area contributed by atoms with Crippen molar-refractivity contribution in [3.63, 3.8) is 0 Å². The molecule has 0 fully saturated rings. The van der Waals surface area contributed by atoms with Crippen molar-refractivity contribution in [1.29, 1.82) is 10.5 Å². The zero-order chi connectivity index (χ0) is 26.6. The Balaban J connectivity index is 2.17. The van der Waals surface area contributed by atoms with Crippen LogP contribution in [0.25, 0.3) is 6.08 Å². The monoisotopic (exact) mass is 485 g/mol. The third-order valence-electron chi connectivity index (χ3n) is 6.14. The van der Waals surface area contributed by atoms with E-state index >= 15 is 0 Å². The number of hydrogen-bond donors (Lipinski definition) is 0. The highest BCUT2D eigenvalue weighted by molar-refractivity contribution is 5.64. The molecule has 1 aromatic carbocycles. The lowest BCUT2D eigenvalue weighted by molar-refractivity contribution is 0.0948. The van der Waals surface area contributed by atoms with Crippen LogP contribution in [-0.2, 0) is 4.74 Å². The van der Waals surface area contributed by atoms with Crippen molar-refractivity contribution >= 4 is 11.8 Å². The van der Waals surface area contributed by atoms with Crippen LogP contribution in [0.3, 0.4) is 0 Å². The summed E-state index contributed by atoms with van der Waals surface area (Å²) in [5.74, 6) is 1.22. The van der Waals surface area contributed by atoms with Crippen molar-refractivity contribution in [3.05, 3.63) is 76.6 Å². The Hall–Kier alpha value is -3.70. The normalized spacial score (nSPS) is 16.4. The first kappa shape index (κ1) is 28.5. The fourth-order valence-electron chi connectivity index (χ4n) is 4.04. The molecule has 36 heavy (non-hydrogen) atoms. The molecule has 1 aliphatic heterocycles. The molecule has 0 atom stereocenters. The van der Waals surface area contributed by atoms with Gasteiger partial charge in [-0.2, -0.15) is 10.5 Å². The van der Waals surface area contributed by atoms with Gasteiger partial charge in [-0.05, 0) is 45.7 Å². The van der Waals surface area contributed by atoms with Crippen molar-refractivity contribution in [2.45, 2.75) is 65.9 Å². The summed E-state index contributed by atoms with van der Waals surface area (Å²) in [7, 11) is 1.71. The van der Waals surface area contributed by atoms with Crippen LogP contribution in [0.4, 0.5) is 5.69 Å². The number of nitriles is 2. The van der Waals surface area contributed by atoms with Crippen LogP contribution in [0.15, 0.2) is 71.1 Å². The third kappa shape index (κ3) is 7.40. The van der Waals surface area contributed by atoms with Gasteiger partial charge < -0.3 is 14.4 Å². The predicted octanol–water partition coefficient (Wildman–Crippen LogP) is 7.65. The second-order valence-corrected chi connectivity index (χ2v) is 9.30. The molecular formula is C31H39N3O2. The molecule has 1 aromatic rings. The zero-order valence-corrected chi connectivity index (χ0v) is 22.6. The van der Waals surface area contributed by atoms with E-state index in [-0.39, 0.29) is 0 Å². The molecule has 190 valence electrons. The van der Waals surface area contributed by atoms with Crippen LogP contribution in [0, 0.1) is 22.7 Å². The van der Waals surface area contributed by atoms with Crippen LogP contribution >= 0.6 is 0 Å². The van der Waals surface area contributed by atoms with E-state index in [2.05, 4.69) is 49.1 Å². The molecule has 0 spiro atoms. The Labute approximate surface area is 217 Å². The van der Waals surface area contributed by atoms with Crippen molar-refractivity contribution < 1.29 is 9.47 Å². The first-order valence-electron chi connectivity index (χ1n) is 12.7. The first-order chi connectivity index (χ1) is 17.3. The quantitative estimate of drug-likeness (QED) is 0.225. The molecule has 0 aliphatic carbocycles. The van der Waals surface area contributed by atoms with Gasteiger partial charge in [-0.25, -0.2) is 0 Å². The van der Waals surface area contributed by atoms with Crippen molar-refractivity contribution in [1.82, 2.24) is 0 Å². The molecule has 2 rings (SSSR count). The molecule has 0 aromatic heterocycles. The molecule has 0 saturated heterocycles. The number of benzene rings is 1. The second kappa shape index (κ2) is 14.0. The maximum absolute atomic E-state index is 9.63. The smallest absolute Gasteiger partial charge is 0.152 e. The van der Waals surface area contributed by atoms with Gasteiger partial charge in [-0.3, -0.25) is 0 Å². The van der Waals surface area contributed by atoms with Crippen LogP contribution < -0.4 is 9.64 Å². The van der Waals surface area contributed by atoms with Crippen molar-refractivity contribution in [2.24, 2.45) is 0 Å². The number of hydrogen-bond acceptors (Lipinski definition) is 5. The number of rotatable bonds is 12. The summed E-state index contributed by atoms with van der Waals surface area (Å²) in [4.78, 5) is 2.45. The van der Waals surface area contributed by atoms with Crippen LogP contribution in [0.1, 0.15) is 65.9 Å². The molecule has 0 saturated carbocycles. The van der Waals surface area contributed by atoms with E-state index in [0.717, 1.165) is 30.0 Å². The summed E-state index contributed by atoms with van der Waals surface area (Å²) in [5, 5.41) is 18.8. The Morgan fingerprint density at radius 1 is 1.03 bits per heavy atom. The Kier molecular flexibility index (Phi) is 11.1. The second-order valence-electron chi connectivity index (χ2n) is 9.30. The first-order valence-corrected chi connectivity index (χ1v) is 12.7. The molecule has 1 heterocycles. The van der Waals surface area contributed by atoms with Crippen molar-refractivity contribution in [2.75, 3.05) is 25.1 Å². The molecule has 5 heteroatoms. The maximum atomic E-state index is 9.63. The molecule has 0 N–H and O–H groups in total. The van der Waals surface area contributed by atoms with Gasteiger partial charge in [-0.15, -0.1) is 0 Å². The highest BCUT2D eigenvalue weighted by Gasteiger charge is 2.37. The van der Waals surface area contributed by atoms with E-state index in [4.69, 9.17) is 9.47 Å². The fraction of sp³-hybridized carbons (Fsp3) is 0.419. The third-order valence-corrected chi connectivity index (χ3v) is 6.14. The number of allylic oxidation sites excluding steroid dienone is 6. The van der Waals surface area contributed by atoms with E-state index in [0.29, 0.717) is 16.9 Å². The standard InChI is InChI=1S/C31H39N3O2/c1-7-9-19-34(20-10-8-2)26-18-17-25(29(21-26)35-6)15-13-11-12-14-16-28-27(23-33)30(24(3)22-32)36-31(28,4)5/h11-18,21H,7-10,19-20H2,1-6H3/b12-11+,15-13+,16-14+,30-24-. The highest BCUT2D eigenvalue weighted by atomic mass is 16.5. The highest BCUT2D eigenvalue weighted by Crippen LogP contribution is 2.40. The molecular weight excluding hydrogens is 446 g/mol. The average molecular weight is 486 g/mol. The van der Waals surface area contributed by atoms with Gasteiger partial charge in [0.05, 0.1) is 18.8 Å².